The molecule has 0 aromatic carbocycles. The van der Waals surface area contributed by atoms with Crippen molar-refractivity contribution in [2.24, 2.45) is 0 Å². The van der Waals surface area contributed by atoms with Crippen molar-refractivity contribution in [3.05, 3.63) is 18.2 Å². The van der Waals surface area contributed by atoms with Gasteiger partial charge in [0.05, 0.1) is 12.7 Å². The van der Waals surface area contributed by atoms with E-state index < -0.39 is 5.60 Å². The third-order valence-electron chi connectivity index (χ3n) is 3.52. The van der Waals surface area contributed by atoms with E-state index in [1.165, 1.54) is 0 Å². The van der Waals surface area contributed by atoms with Crippen LogP contribution in [-0.2, 0) is 16.9 Å². The molecule has 96 valence electrons. The molecule has 2 unspecified atom stereocenters. The summed E-state index contributed by atoms with van der Waals surface area (Å²) >= 11 is 0. The second-order valence-electron chi connectivity index (χ2n) is 4.80. The minimum Gasteiger partial charge on any atom is -0.382 e. The van der Waals surface area contributed by atoms with Crippen LogP contribution in [0, 0.1) is 0 Å². The van der Waals surface area contributed by atoms with Gasteiger partial charge in [0.25, 0.3) is 0 Å². The van der Waals surface area contributed by atoms with Crippen LogP contribution in [0.5, 0.6) is 0 Å². The van der Waals surface area contributed by atoms with Gasteiger partial charge in [-0.1, -0.05) is 13.3 Å². The normalized spacial score (nSPS) is 29.5. The van der Waals surface area contributed by atoms with Crippen molar-refractivity contribution in [2.75, 3.05) is 6.61 Å². The van der Waals surface area contributed by atoms with E-state index in [1.807, 2.05) is 10.8 Å². The fraction of sp³-hybridized carbons (Fsp3) is 0.769. The van der Waals surface area contributed by atoms with Crippen molar-refractivity contribution < 1.29 is 9.84 Å². The van der Waals surface area contributed by atoms with Gasteiger partial charge in [-0.25, -0.2) is 4.98 Å². The van der Waals surface area contributed by atoms with E-state index in [-0.39, 0.29) is 6.10 Å². The van der Waals surface area contributed by atoms with Crippen LogP contribution in [-0.4, -0.2) is 27.4 Å². The van der Waals surface area contributed by atoms with Gasteiger partial charge in [-0.15, -0.1) is 0 Å². The lowest BCUT2D eigenvalue weighted by Crippen LogP contribution is -2.40. The molecule has 0 saturated carbocycles. The van der Waals surface area contributed by atoms with E-state index in [4.69, 9.17) is 4.74 Å². The second kappa shape index (κ2) is 5.19. The zero-order valence-electron chi connectivity index (χ0n) is 10.7. The van der Waals surface area contributed by atoms with Gasteiger partial charge in [0.1, 0.15) is 11.4 Å². The molecule has 1 fully saturated rings. The van der Waals surface area contributed by atoms with Gasteiger partial charge in [-0.05, 0) is 13.3 Å². The SMILES string of the molecule is CCCC1CC(O)(c2nccn2CC)CCO1. The molecule has 1 aromatic heterocycles. The summed E-state index contributed by atoms with van der Waals surface area (Å²) in [5.74, 6) is 0.796. The lowest BCUT2D eigenvalue weighted by atomic mass is 9.88. The van der Waals surface area contributed by atoms with E-state index in [0.29, 0.717) is 19.4 Å². The van der Waals surface area contributed by atoms with Crippen LogP contribution in [0.1, 0.15) is 45.4 Å². The molecule has 1 aromatic rings. The van der Waals surface area contributed by atoms with Gasteiger partial charge < -0.3 is 14.4 Å². The Morgan fingerprint density at radius 1 is 1.59 bits per heavy atom. The topological polar surface area (TPSA) is 47.3 Å². The molecule has 0 aliphatic carbocycles. The minimum atomic E-state index is -0.808. The highest BCUT2D eigenvalue weighted by Gasteiger charge is 2.39. The molecule has 1 saturated heterocycles. The number of hydrogen-bond donors (Lipinski definition) is 1. The van der Waals surface area contributed by atoms with Crippen molar-refractivity contribution in [3.63, 3.8) is 0 Å². The van der Waals surface area contributed by atoms with Crippen molar-refractivity contribution in [1.82, 2.24) is 9.55 Å². The summed E-state index contributed by atoms with van der Waals surface area (Å²) in [6.07, 6.45) is 7.26. The summed E-state index contributed by atoms with van der Waals surface area (Å²) in [5, 5.41) is 10.8. The number of aromatic nitrogens is 2. The molecule has 0 amide bonds. The summed E-state index contributed by atoms with van der Waals surface area (Å²) in [6, 6.07) is 0. The van der Waals surface area contributed by atoms with Gasteiger partial charge in [0, 0.05) is 31.8 Å². The molecule has 4 heteroatoms. The van der Waals surface area contributed by atoms with Crippen LogP contribution in [0.3, 0.4) is 0 Å². The van der Waals surface area contributed by atoms with Gasteiger partial charge in [-0.2, -0.15) is 0 Å². The van der Waals surface area contributed by atoms with Crippen LogP contribution in [0.25, 0.3) is 0 Å². The minimum absolute atomic E-state index is 0.167. The van der Waals surface area contributed by atoms with E-state index in [0.717, 1.165) is 25.2 Å². The van der Waals surface area contributed by atoms with Crippen LogP contribution in [0.4, 0.5) is 0 Å². The summed E-state index contributed by atoms with van der Waals surface area (Å²) < 4.78 is 7.71. The van der Waals surface area contributed by atoms with Crippen molar-refractivity contribution >= 4 is 0 Å². The predicted octanol–water partition coefficient (Wildman–Crippen LogP) is 2.07. The Kier molecular flexibility index (Phi) is 3.84. The van der Waals surface area contributed by atoms with Crippen molar-refractivity contribution in [2.45, 2.75) is 57.8 Å². The molecule has 17 heavy (non-hydrogen) atoms. The Bertz CT molecular complexity index is 362. The molecule has 1 N–H and O–H groups in total. The zero-order valence-corrected chi connectivity index (χ0v) is 10.7. The second-order valence-corrected chi connectivity index (χ2v) is 4.80. The summed E-state index contributed by atoms with van der Waals surface area (Å²) in [7, 11) is 0. The Morgan fingerprint density at radius 3 is 3.12 bits per heavy atom. The van der Waals surface area contributed by atoms with Gasteiger partial charge in [0.2, 0.25) is 0 Å². The van der Waals surface area contributed by atoms with Crippen LogP contribution in [0.2, 0.25) is 0 Å². The monoisotopic (exact) mass is 238 g/mol. The number of imidazole rings is 1. The van der Waals surface area contributed by atoms with Crippen molar-refractivity contribution in [3.8, 4) is 0 Å². The first-order valence-corrected chi connectivity index (χ1v) is 6.55. The predicted molar refractivity (Wildman–Crippen MR) is 65.7 cm³/mol. The standard InChI is InChI=1S/C13H22N2O2/c1-3-5-11-10-13(16,6-9-17-11)12-14-7-8-15(12)4-2/h7-8,11,16H,3-6,9-10H2,1-2H3. The largest absolute Gasteiger partial charge is 0.382 e. The third-order valence-corrected chi connectivity index (χ3v) is 3.52. The number of aliphatic hydroxyl groups is 1. The number of rotatable bonds is 4. The fourth-order valence-corrected chi connectivity index (χ4v) is 2.61. The van der Waals surface area contributed by atoms with Gasteiger partial charge >= 0.3 is 0 Å². The molecule has 0 spiro atoms. The van der Waals surface area contributed by atoms with E-state index in [1.54, 1.807) is 6.20 Å². The summed E-state index contributed by atoms with van der Waals surface area (Å²) in [6.45, 7) is 5.68. The maximum atomic E-state index is 10.8. The zero-order chi connectivity index (χ0) is 12.3. The lowest BCUT2D eigenvalue weighted by molar-refractivity contribution is -0.115. The molecule has 1 aliphatic heterocycles. The Hall–Kier alpha value is -0.870. The van der Waals surface area contributed by atoms with E-state index in [2.05, 4.69) is 18.8 Å². The molecule has 2 atom stereocenters. The Balaban J connectivity index is 2.17. The molecular weight excluding hydrogens is 216 g/mol. The first-order chi connectivity index (χ1) is 8.19. The fourth-order valence-electron chi connectivity index (χ4n) is 2.61. The van der Waals surface area contributed by atoms with Crippen LogP contribution in [0.15, 0.2) is 12.4 Å². The van der Waals surface area contributed by atoms with Gasteiger partial charge in [0.15, 0.2) is 0 Å². The van der Waals surface area contributed by atoms with Crippen LogP contribution >= 0.6 is 0 Å². The highest BCUT2D eigenvalue weighted by Crippen LogP contribution is 2.34. The number of hydrogen-bond acceptors (Lipinski definition) is 3. The van der Waals surface area contributed by atoms with Gasteiger partial charge in [-0.3, -0.25) is 0 Å². The Labute approximate surface area is 103 Å². The van der Waals surface area contributed by atoms with Crippen LogP contribution < -0.4 is 0 Å². The first-order valence-electron chi connectivity index (χ1n) is 6.55. The highest BCUT2D eigenvalue weighted by molar-refractivity contribution is 5.07. The molecular formula is C13H22N2O2. The molecule has 0 bridgehead atoms. The van der Waals surface area contributed by atoms with E-state index in [9.17, 15) is 5.11 Å². The molecule has 0 radical (unpaired) electrons. The average Bonchev–Trinajstić information content (AvgIpc) is 2.78. The lowest BCUT2D eigenvalue weighted by Gasteiger charge is -2.36. The third kappa shape index (κ3) is 2.53. The maximum absolute atomic E-state index is 10.8. The summed E-state index contributed by atoms with van der Waals surface area (Å²) in [4.78, 5) is 4.33. The average molecular weight is 238 g/mol. The number of nitrogens with zero attached hydrogens (tertiary/aromatic N) is 2. The molecule has 1 aliphatic rings. The highest BCUT2D eigenvalue weighted by atomic mass is 16.5. The van der Waals surface area contributed by atoms with E-state index >= 15 is 0 Å². The van der Waals surface area contributed by atoms with Crippen molar-refractivity contribution in [1.29, 1.82) is 0 Å². The molecule has 2 heterocycles. The molecule has 4 nitrogen and oxygen atoms in total. The maximum Gasteiger partial charge on any atom is 0.140 e. The summed E-state index contributed by atoms with van der Waals surface area (Å²) in [5.41, 5.74) is -0.808. The number of ether oxygens (including phenoxy) is 1. The quantitative estimate of drug-likeness (QED) is 0.873. The first kappa shape index (κ1) is 12.6. The molecule has 2 rings (SSSR count). The number of aryl methyl sites for hydroxylation is 1. The Morgan fingerprint density at radius 2 is 2.41 bits per heavy atom. The smallest absolute Gasteiger partial charge is 0.140 e.